The molecule has 6 fully saturated rings. The smallest absolute Gasteiger partial charge is 0.0675 e. The first kappa shape index (κ1) is 23.8. The van der Waals surface area contributed by atoms with Crippen molar-refractivity contribution in [3.8, 4) is 0 Å². The Balaban J connectivity index is 1.40. The number of hydrogen-bond acceptors (Lipinski definition) is 2. The third-order valence-electron chi connectivity index (χ3n) is 14.0. The Kier molecular flexibility index (Phi) is 4.92. The van der Waals surface area contributed by atoms with E-state index in [-0.39, 0.29) is 21.8 Å². The number of halogens is 1. The lowest BCUT2D eigenvalue weighted by Crippen LogP contribution is -2.68. The molecule has 6 aliphatic rings. The van der Waals surface area contributed by atoms with Gasteiger partial charge in [-0.15, -0.1) is 0 Å². The van der Waals surface area contributed by atoms with Crippen molar-refractivity contribution in [3.63, 3.8) is 0 Å². The van der Waals surface area contributed by atoms with Crippen LogP contribution < -0.4 is 0 Å². The highest BCUT2D eigenvalue weighted by Crippen LogP contribution is 2.78. The van der Waals surface area contributed by atoms with Gasteiger partial charge in [0.1, 0.15) is 0 Å². The van der Waals surface area contributed by atoms with E-state index in [0.717, 1.165) is 30.8 Å². The van der Waals surface area contributed by atoms with Crippen LogP contribution in [0.2, 0.25) is 0 Å². The minimum atomic E-state index is -0.229. The quantitative estimate of drug-likeness (QED) is 0.333. The molecular weight excluding hydrogens is 472 g/mol. The van der Waals surface area contributed by atoms with Gasteiger partial charge in [0.2, 0.25) is 0 Å². The maximum absolute atomic E-state index is 11.2. The zero-order valence-electron chi connectivity index (χ0n) is 22.3. The molecule has 0 spiro atoms. The minimum absolute atomic E-state index is 0.141. The molecule has 1 heterocycles. The number of rotatable bonds is 0. The monoisotopic (exact) mass is 520 g/mol. The summed E-state index contributed by atoms with van der Waals surface area (Å²) in [6.07, 6.45) is 12.2. The predicted octanol–water partition coefficient (Wildman–Crippen LogP) is 7.61. The molecule has 3 heteroatoms. The fourth-order valence-electron chi connectivity index (χ4n) is 12.1. The van der Waals surface area contributed by atoms with E-state index in [1.807, 2.05) is 0 Å². The zero-order valence-corrected chi connectivity index (χ0v) is 23.9. The van der Waals surface area contributed by atoms with Crippen LogP contribution in [-0.4, -0.2) is 28.7 Å². The van der Waals surface area contributed by atoms with Gasteiger partial charge in [-0.25, -0.2) is 0 Å². The topological polar surface area (TPSA) is 29.5 Å². The predicted molar refractivity (Wildman–Crippen MR) is 138 cm³/mol. The standard InChI is InChI=1S/C30H49BrO2/c1-25(2)12-14-30-15-13-28(6)18(22(30)24(25)33-17-30)8-9-21-27(5)16-19(32)23(31)26(3,4)20(27)10-11-29(21,28)7/h18-24,32H,8-17H2,1-7H3/t18?,19-,20?,21?,22?,23+,24+,27-,28+,29+,30+/m0/s1. The van der Waals surface area contributed by atoms with E-state index in [9.17, 15) is 5.11 Å². The molecule has 0 aromatic heterocycles. The molecule has 0 amide bonds. The highest BCUT2D eigenvalue weighted by molar-refractivity contribution is 9.09. The van der Waals surface area contributed by atoms with Gasteiger partial charge in [0.05, 0.1) is 18.8 Å². The molecule has 0 aromatic rings. The third kappa shape index (κ3) is 2.70. The van der Waals surface area contributed by atoms with Crippen LogP contribution in [0.25, 0.3) is 0 Å². The fraction of sp³-hybridized carbons (Fsp3) is 1.00. The number of fused-ring (bicyclic) bond motifs is 5. The second-order valence-electron chi connectivity index (χ2n) is 15.8. The molecular formula is C30H49BrO2. The Morgan fingerprint density at radius 2 is 1.48 bits per heavy atom. The summed E-state index contributed by atoms with van der Waals surface area (Å²) in [4.78, 5) is 0.214. The number of aliphatic hydroxyl groups is 1. The second-order valence-corrected chi connectivity index (χ2v) is 16.8. The number of alkyl halides is 1. The van der Waals surface area contributed by atoms with Crippen molar-refractivity contribution in [2.24, 2.45) is 56.2 Å². The third-order valence-corrected chi connectivity index (χ3v) is 15.8. The van der Waals surface area contributed by atoms with Gasteiger partial charge in [-0.05, 0) is 114 Å². The lowest BCUT2D eigenvalue weighted by molar-refractivity contribution is -0.248. The van der Waals surface area contributed by atoms with Crippen molar-refractivity contribution in [1.82, 2.24) is 0 Å². The van der Waals surface area contributed by atoms with Crippen molar-refractivity contribution in [3.05, 3.63) is 0 Å². The lowest BCUT2D eigenvalue weighted by Gasteiger charge is -2.73. The van der Waals surface area contributed by atoms with Crippen LogP contribution in [0, 0.1) is 56.2 Å². The molecule has 1 N–H and O–H groups in total. The summed E-state index contributed by atoms with van der Waals surface area (Å²) in [6.45, 7) is 18.9. The van der Waals surface area contributed by atoms with E-state index in [0.29, 0.717) is 33.7 Å². The molecule has 6 rings (SSSR count). The summed E-state index contributed by atoms with van der Waals surface area (Å²) in [5.41, 5.74) is 1.96. The van der Waals surface area contributed by atoms with Crippen molar-refractivity contribution in [2.75, 3.05) is 6.61 Å². The second kappa shape index (κ2) is 6.83. The molecule has 0 radical (unpaired) electrons. The number of hydrogen-bond donors (Lipinski definition) is 1. The summed E-state index contributed by atoms with van der Waals surface area (Å²) in [7, 11) is 0. The van der Waals surface area contributed by atoms with E-state index in [2.05, 4.69) is 64.4 Å². The molecule has 0 aromatic carbocycles. The summed E-state index contributed by atoms with van der Waals surface area (Å²) in [5.74, 6) is 3.00. The van der Waals surface area contributed by atoms with E-state index in [1.54, 1.807) is 0 Å². The van der Waals surface area contributed by atoms with Crippen LogP contribution >= 0.6 is 15.9 Å². The van der Waals surface area contributed by atoms with Crippen molar-refractivity contribution in [1.29, 1.82) is 0 Å². The normalized spacial score (nSPS) is 60.8. The van der Waals surface area contributed by atoms with Crippen molar-refractivity contribution in [2.45, 2.75) is 123 Å². The molecule has 1 aliphatic heterocycles. The molecule has 4 unspecified atom stereocenters. The van der Waals surface area contributed by atoms with E-state index in [1.165, 1.54) is 51.4 Å². The Bertz CT molecular complexity index is 837. The first-order valence-corrected chi connectivity index (χ1v) is 15.1. The van der Waals surface area contributed by atoms with Gasteiger partial charge in [-0.1, -0.05) is 64.4 Å². The largest absolute Gasteiger partial charge is 0.392 e. The maximum atomic E-state index is 11.2. The molecule has 1 saturated heterocycles. The number of aliphatic hydroxyl groups excluding tert-OH is 1. The van der Waals surface area contributed by atoms with E-state index in [4.69, 9.17) is 4.74 Å². The molecule has 2 nitrogen and oxygen atoms in total. The summed E-state index contributed by atoms with van der Waals surface area (Å²) in [5, 5.41) is 11.2. The van der Waals surface area contributed by atoms with Gasteiger partial charge in [0.15, 0.2) is 0 Å². The van der Waals surface area contributed by atoms with Crippen LogP contribution in [0.1, 0.15) is 106 Å². The van der Waals surface area contributed by atoms with Crippen LogP contribution in [0.5, 0.6) is 0 Å². The Morgan fingerprint density at radius 1 is 0.788 bits per heavy atom. The zero-order chi connectivity index (χ0) is 23.8. The molecule has 2 bridgehead atoms. The summed E-state index contributed by atoms with van der Waals surface area (Å²) in [6, 6.07) is 0. The van der Waals surface area contributed by atoms with Crippen LogP contribution in [0.3, 0.4) is 0 Å². The fourth-order valence-corrected chi connectivity index (χ4v) is 12.6. The Labute approximate surface area is 211 Å². The van der Waals surface area contributed by atoms with Gasteiger partial charge < -0.3 is 9.84 Å². The summed E-state index contributed by atoms with van der Waals surface area (Å²) < 4.78 is 6.71. The highest BCUT2D eigenvalue weighted by atomic mass is 79.9. The Hall–Kier alpha value is 0.400. The van der Waals surface area contributed by atoms with Crippen molar-refractivity contribution >= 4 is 15.9 Å². The van der Waals surface area contributed by atoms with Crippen LogP contribution in [0.4, 0.5) is 0 Å². The lowest BCUT2D eigenvalue weighted by atomic mass is 9.31. The molecule has 5 saturated carbocycles. The average Bonchev–Trinajstić information content (AvgIpc) is 3.06. The average molecular weight is 522 g/mol. The van der Waals surface area contributed by atoms with Crippen LogP contribution in [0.15, 0.2) is 0 Å². The van der Waals surface area contributed by atoms with Crippen LogP contribution in [-0.2, 0) is 4.74 Å². The van der Waals surface area contributed by atoms with Gasteiger partial charge in [0, 0.05) is 4.83 Å². The van der Waals surface area contributed by atoms with E-state index < -0.39 is 0 Å². The first-order chi connectivity index (χ1) is 15.2. The first-order valence-electron chi connectivity index (χ1n) is 14.2. The van der Waals surface area contributed by atoms with Gasteiger partial charge in [-0.2, -0.15) is 0 Å². The number of ether oxygens (including phenoxy) is 1. The summed E-state index contributed by atoms with van der Waals surface area (Å²) >= 11 is 3.93. The minimum Gasteiger partial charge on any atom is -0.392 e. The molecule has 33 heavy (non-hydrogen) atoms. The molecule has 11 atom stereocenters. The SMILES string of the molecule is CC1(C)CC[C@]23CC[C@]4(C)C(CCC5[C@@]6(C)C[C@H](O)[C@@H](Br)C(C)(C)C6CC[C@]54C)C2[C@H]1OC3. The van der Waals surface area contributed by atoms with Crippen molar-refractivity contribution < 1.29 is 9.84 Å². The van der Waals surface area contributed by atoms with Gasteiger partial charge in [0.25, 0.3) is 0 Å². The highest BCUT2D eigenvalue weighted by Gasteiger charge is 2.73. The van der Waals surface area contributed by atoms with Gasteiger partial charge in [-0.3, -0.25) is 0 Å². The Morgan fingerprint density at radius 3 is 2.21 bits per heavy atom. The molecule has 188 valence electrons. The van der Waals surface area contributed by atoms with E-state index >= 15 is 0 Å². The molecule has 5 aliphatic carbocycles. The van der Waals surface area contributed by atoms with Gasteiger partial charge >= 0.3 is 0 Å². The maximum Gasteiger partial charge on any atom is 0.0675 e.